The van der Waals surface area contributed by atoms with Gasteiger partial charge in [-0.2, -0.15) is 5.10 Å². The minimum atomic E-state index is -0.647. The maximum atomic E-state index is 14.1. The van der Waals surface area contributed by atoms with Crippen molar-refractivity contribution in [2.75, 3.05) is 5.32 Å². The van der Waals surface area contributed by atoms with E-state index in [1.807, 2.05) is 30.3 Å². The molecule has 1 heterocycles. The van der Waals surface area contributed by atoms with E-state index < -0.39 is 11.7 Å². The molecule has 1 amide bonds. The van der Waals surface area contributed by atoms with E-state index in [4.69, 9.17) is 11.6 Å². The number of hydrogen-bond donors (Lipinski definition) is 1. The van der Waals surface area contributed by atoms with Crippen LogP contribution in [0.1, 0.15) is 34.9 Å². The number of rotatable bonds is 4. The van der Waals surface area contributed by atoms with Gasteiger partial charge in [-0.15, -0.1) is 0 Å². The molecule has 1 saturated carbocycles. The van der Waals surface area contributed by atoms with Gasteiger partial charge in [0.15, 0.2) is 5.82 Å². The summed E-state index contributed by atoms with van der Waals surface area (Å²) in [6, 6.07) is 15.7. The average Bonchev–Trinajstić information content (AvgIpc) is 3.38. The number of carbonyl (C=O) groups excluding carboxylic acids is 1. The second-order valence-corrected chi connectivity index (χ2v) is 6.44. The molecule has 1 aromatic heterocycles. The van der Waals surface area contributed by atoms with Crippen molar-refractivity contribution in [1.29, 1.82) is 0 Å². The van der Waals surface area contributed by atoms with Crippen LogP contribution in [0.25, 0.3) is 5.69 Å². The van der Waals surface area contributed by atoms with Gasteiger partial charge in [0.05, 0.1) is 22.1 Å². The van der Waals surface area contributed by atoms with Gasteiger partial charge in [-0.3, -0.25) is 4.79 Å². The molecule has 4 rings (SSSR count). The highest BCUT2D eigenvalue weighted by Gasteiger charge is 2.29. The van der Waals surface area contributed by atoms with Crippen LogP contribution in [-0.2, 0) is 0 Å². The van der Waals surface area contributed by atoms with Crippen molar-refractivity contribution in [2.24, 2.45) is 0 Å². The monoisotopic (exact) mass is 355 g/mol. The summed E-state index contributed by atoms with van der Waals surface area (Å²) in [6.07, 6.45) is 2.16. The van der Waals surface area contributed by atoms with Gasteiger partial charge in [-0.25, -0.2) is 9.07 Å². The van der Waals surface area contributed by atoms with E-state index in [0.717, 1.165) is 24.2 Å². The number of nitrogens with zero attached hydrogens (tertiary/aromatic N) is 2. The first kappa shape index (κ1) is 15.8. The van der Waals surface area contributed by atoms with Gasteiger partial charge in [-0.1, -0.05) is 35.9 Å². The van der Waals surface area contributed by atoms with E-state index in [2.05, 4.69) is 10.4 Å². The Morgan fingerprint density at radius 2 is 1.92 bits per heavy atom. The maximum absolute atomic E-state index is 14.1. The predicted molar refractivity (Wildman–Crippen MR) is 94.9 cm³/mol. The maximum Gasteiger partial charge on any atom is 0.274 e. The SMILES string of the molecule is O=C(Nc1cccc(Cl)c1F)c1cc(C2CC2)nn1-c1ccccc1. The van der Waals surface area contributed by atoms with Gasteiger partial charge in [0.2, 0.25) is 0 Å². The molecule has 4 nitrogen and oxygen atoms in total. The summed E-state index contributed by atoms with van der Waals surface area (Å²) in [5, 5.41) is 7.14. The van der Waals surface area contributed by atoms with Crippen molar-refractivity contribution >= 4 is 23.2 Å². The summed E-state index contributed by atoms with van der Waals surface area (Å²) in [6.45, 7) is 0. The normalized spacial score (nSPS) is 13.7. The Labute approximate surface area is 149 Å². The van der Waals surface area contributed by atoms with Crippen LogP contribution in [0.2, 0.25) is 5.02 Å². The molecule has 1 N–H and O–H groups in total. The number of aromatic nitrogens is 2. The Bertz CT molecular complexity index is 935. The van der Waals surface area contributed by atoms with Crippen molar-refractivity contribution in [3.63, 3.8) is 0 Å². The first-order chi connectivity index (χ1) is 12.1. The van der Waals surface area contributed by atoms with Crippen molar-refractivity contribution in [2.45, 2.75) is 18.8 Å². The van der Waals surface area contributed by atoms with E-state index in [9.17, 15) is 9.18 Å². The molecule has 25 heavy (non-hydrogen) atoms. The lowest BCUT2D eigenvalue weighted by molar-refractivity contribution is 0.101. The third-order valence-electron chi connectivity index (χ3n) is 4.16. The minimum Gasteiger partial charge on any atom is -0.318 e. The van der Waals surface area contributed by atoms with Gasteiger partial charge in [0.25, 0.3) is 5.91 Å². The van der Waals surface area contributed by atoms with E-state index in [0.29, 0.717) is 11.6 Å². The van der Waals surface area contributed by atoms with Crippen LogP contribution in [0.15, 0.2) is 54.6 Å². The number of para-hydroxylation sites is 1. The summed E-state index contributed by atoms with van der Waals surface area (Å²) in [5.74, 6) is -0.672. The zero-order chi connectivity index (χ0) is 17.4. The van der Waals surface area contributed by atoms with Crippen LogP contribution in [-0.4, -0.2) is 15.7 Å². The molecule has 0 radical (unpaired) electrons. The quantitative estimate of drug-likeness (QED) is 0.731. The molecule has 0 spiro atoms. The van der Waals surface area contributed by atoms with E-state index >= 15 is 0 Å². The summed E-state index contributed by atoms with van der Waals surface area (Å²) in [7, 11) is 0. The van der Waals surface area contributed by atoms with Crippen molar-refractivity contribution < 1.29 is 9.18 Å². The number of benzene rings is 2. The van der Waals surface area contributed by atoms with E-state index in [-0.39, 0.29) is 10.7 Å². The molecule has 0 unspecified atom stereocenters. The molecule has 126 valence electrons. The molecule has 0 atom stereocenters. The van der Waals surface area contributed by atoms with E-state index in [1.165, 1.54) is 12.1 Å². The second kappa shape index (κ2) is 6.33. The topological polar surface area (TPSA) is 46.9 Å². The number of carbonyl (C=O) groups is 1. The Morgan fingerprint density at radius 3 is 2.64 bits per heavy atom. The van der Waals surface area contributed by atoms with Crippen LogP contribution in [0.3, 0.4) is 0 Å². The van der Waals surface area contributed by atoms with Gasteiger partial charge < -0.3 is 5.32 Å². The summed E-state index contributed by atoms with van der Waals surface area (Å²) < 4.78 is 15.7. The number of hydrogen-bond acceptors (Lipinski definition) is 2. The van der Waals surface area contributed by atoms with Gasteiger partial charge in [0.1, 0.15) is 5.69 Å². The predicted octanol–water partition coefficient (Wildman–Crippen LogP) is 4.79. The second-order valence-electron chi connectivity index (χ2n) is 6.03. The third kappa shape index (κ3) is 3.15. The lowest BCUT2D eigenvalue weighted by Gasteiger charge is -2.09. The highest BCUT2D eigenvalue weighted by atomic mass is 35.5. The molecule has 6 heteroatoms. The zero-order valence-electron chi connectivity index (χ0n) is 13.2. The van der Waals surface area contributed by atoms with Crippen LogP contribution in [0.4, 0.5) is 10.1 Å². The Kier molecular flexibility index (Phi) is 4.01. The molecular weight excluding hydrogens is 341 g/mol. The Morgan fingerprint density at radius 1 is 1.16 bits per heavy atom. The first-order valence-electron chi connectivity index (χ1n) is 8.04. The Hall–Kier alpha value is -2.66. The van der Waals surface area contributed by atoms with Crippen molar-refractivity contribution in [1.82, 2.24) is 9.78 Å². The highest BCUT2D eigenvalue weighted by molar-refractivity contribution is 6.31. The van der Waals surface area contributed by atoms with Crippen LogP contribution < -0.4 is 5.32 Å². The largest absolute Gasteiger partial charge is 0.318 e. The standard InChI is InChI=1S/C19H15ClFN3O/c20-14-7-4-8-15(18(14)21)22-19(25)17-11-16(12-9-10-12)23-24(17)13-5-2-1-3-6-13/h1-8,11-12H,9-10H2,(H,22,25). The highest BCUT2D eigenvalue weighted by Crippen LogP contribution is 2.39. The van der Waals surface area contributed by atoms with Crippen molar-refractivity contribution in [3.8, 4) is 5.69 Å². The molecule has 1 fully saturated rings. The lowest BCUT2D eigenvalue weighted by atomic mass is 10.2. The first-order valence-corrected chi connectivity index (χ1v) is 8.42. The third-order valence-corrected chi connectivity index (χ3v) is 4.45. The number of anilines is 1. The molecule has 0 aliphatic heterocycles. The smallest absolute Gasteiger partial charge is 0.274 e. The molecule has 0 saturated heterocycles. The summed E-state index contributed by atoms with van der Waals surface area (Å²) in [4.78, 5) is 12.7. The fourth-order valence-electron chi connectivity index (χ4n) is 2.69. The minimum absolute atomic E-state index is 0.0342. The molecule has 0 bridgehead atoms. The average molecular weight is 356 g/mol. The number of amides is 1. The van der Waals surface area contributed by atoms with Gasteiger partial charge in [0, 0.05) is 5.92 Å². The van der Waals surface area contributed by atoms with Gasteiger partial charge >= 0.3 is 0 Å². The summed E-state index contributed by atoms with van der Waals surface area (Å²) in [5.41, 5.74) is 2.09. The molecule has 2 aromatic carbocycles. The Balaban J connectivity index is 1.71. The molecule has 1 aliphatic carbocycles. The fourth-order valence-corrected chi connectivity index (χ4v) is 2.87. The lowest BCUT2D eigenvalue weighted by Crippen LogP contribution is -2.17. The molecule has 1 aliphatic rings. The van der Waals surface area contributed by atoms with Gasteiger partial charge in [-0.05, 0) is 43.2 Å². The molecule has 3 aromatic rings. The molecular formula is C19H15ClFN3O. The van der Waals surface area contributed by atoms with Crippen molar-refractivity contribution in [3.05, 3.63) is 76.8 Å². The fraction of sp³-hybridized carbons (Fsp3) is 0.158. The summed E-state index contributed by atoms with van der Waals surface area (Å²) >= 11 is 5.78. The van der Waals surface area contributed by atoms with E-state index in [1.54, 1.807) is 16.8 Å². The van der Waals surface area contributed by atoms with Crippen LogP contribution in [0.5, 0.6) is 0 Å². The number of nitrogens with one attached hydrogen (secondary N) is 1. The zero-order valence-corrected chi connectivity index (χ0v) is 14.0. The number of halogens is 2. The van der Waals surface area contributed by atoms with Crippen LogP contribution >= 0.6 is 11.6 Å². The van der Waals surface area contributed by atoms with Crippen LogP contribution in [0, 0.1) is 5.82 Å².